The molecular weight excluding hydrogens is 544 g/mol. The highest BCUT2D eigenvalue weighted by molar-refractivity contribution is 6.21. The molecule has 5 aromatic carbocycles. The Bertz CT molecular complexity index is 2770. The number of rotatable bonds is 3. The minimum atomic E-state index is 0.727. The predicted octanol–water partition coefficient (Wildman–Crippen LogP) is 9.82. The largest absolute Gasteiger partial charge is 0.457 e. The van der Waals surface area contributed by atoms with Crippen LogP contribution in [0.15, 0.2) is 138 Å². The Hall–Kier alpha value is -6.14. The Morgan fingerprint density at radius 1 is 0.545 bits per heavy atom. The highest BCUT2D eigenvalue weighted by Gasteiger charge is 2.20. The molecule has 6 nitrogen and oxygen atoms in total. The number of benzene rings is 5. The van der Waals surface area contributed by atoms with Gasteiger partial charge < -0.3 is 9.15 Å². The lowest BCUT2D eigenvalue weighted by Crippen LogP contribution is -1.96. The summed E-state index contributed by atoms with van der Waals surface area (Å²) in [5.74, 6) is 1.47. The molecule has 44 heavy (non-hydrogen) atoms. The molecule has 0 aliphatic rings. The van der Waals surface area contributed by atoms with Crippen molar-refractivity contribution in [1.82, 2.24) is 18.9 Å². The first-order valence-corrected chi connectivity index (χ1v) is 14.6. The van der Waals surface area contributed by atoms with Crippen molar-refractivity contribution in [3.05, 3.63) is 134 Å². The first-order chi connectivity index (χ1) is 21.8. The number of hydrogen-bond donors (Lipinski definition) is 0. The molecule has 5 heterocycles. The maximum atomic E-state index is 6.53. The fourth-order valence-electron chi connectivity index (χ4n) is 6.79. The van der Waals surface area contributed by atoms with Crippen LogP contribution in [0.3, 0.4) is 0 Å². The van der Waals surface area contributed by atoms with Crippen molar-refractivity contribution >= 4 is 71.2 Å². The van der Waals surface area contributed by atoms with Crippen molar-refractivity contribution in [2.75, 3.05) is 0 Å². The van der Waals surface area contributed by atoms with E-state index in [0.29, 0.717) is 0 Å². The highest BCUT2D eigenvalue weighted by Crippen LogP contribution is 2.40. The molecule has 10 rings (SSSR count). The average molecular weight is 567 g/mol. The number of aromatic nitrogens is 4. The maximum Gasteiger partial charge on any atom is 0.160 e. The summed E-state index contributed by atoms with van der Waals surface area (Å²) in [6, 6.07) is 39.4. The van der Waals surface area contributed by atoms with Crippen LogP contribution >= 0.6 is 0 Å². The second-order valence-corrected chi connectivity index (χ2v) is 11.1. The molecule has 0 spiro atoms. The van der Waals surface area contributed by atoms with Gasteiger partial charge in [-0.15, -0.1) is 0 Å². The van der Waals surface area contributed by atoms with Gasteiger partial charge in [-0.3, -0.25) is 8.97 Å². The van der Waals surface area contributed by atoms with Gasteiger partial charge in [0.1, 0.15) is 28.4 Å². The lowest BCUT2D eigenvalue weighted by Gasteiger charge is -2.12. The van der Waals surface area contributed by atoms with Gasteiger partial charge in [0, 0.05) is 57.0 Å². The summed E-state index contributed by atoms with van der Waals surface area (Å²) in [4.78, 5) is 9.50. The first-order valence-electron chi connectivity index (χ1n) is 14.6. The van der Waals surface area contributed by atoms with E-state index in [1.54, 1.807) is 0 Å². The summed E-state index contributed by atoms with van der Waals surface area (Å²) in [5.41, 5.74) is 6.55. The van der Waals surface area contributed by atoms with Crippen molar-refractivity contribution in [2.24, 2.45) is 0 Å². The minimum absolute atomic E-state index is 0.727. The molecule has 0 atom stereocenters. The van der Waals surface area contributed by atoms with Gasteiger partial charge in [-0.25, -0.2) is 9.97 Å². The molecule has 0 unspecified atom stereocenters. The zero-order valence-electron chi connectivity index (χ0n) is 23.3. The minimum Gasteiger partial charge on any atom is -0.457 e. The smallest absolute Gasteiger partial charge is 0.160 e. The molecule has 0 saturated heterocycles. The van der Waals surface area contributed by atoms with Crippen molar-refractivity contribution in [1.29, 1.82) is 0 Å². The lowest BCUT2D eigenvalue weighted by atomic mass is 10.1. The predicted molar refractivity (Wildman–Crippen MR) is 176 cm³/mol. The topological polar surface area (TPSA) is 57.5 Å². The van der Waals surface area contributed by atoms with E-state index in [-0.39, 0.29) is 0 Å². The number of hydrogen-bond acceptors (Lipinski definition) is 4. The molecule has 206 valence electrons. The Morgan fingerprint density at radius 2 is 1.34 bits per heavy atom. The fraction of sp³-hybridized carbons (Fsp3) is 0. The second-order valence-electron chi connectivity index (χ2n) is 11.1. The number of nitrogens with zero attached hydrogens (tertiary/aromatic N) is 4. The Kier molecular flexibility index (Phi) is 4.63. The summed E-state index contributed by atoms with van der Waals surface area (Å²) < 4.78 is 17.3. The van der Waals surface area contributed by atoms with E-state index < -0.39 is 0 Å². The molecule has 0 aliphatic carbocycles. The van der Waals surface area contributed by atoms with Crippen molar-refractivity contribution in [2.45, 2.75) is 0 Å². The van der Waals surface area contributed by atoms with Crippen LogP contribution in [0.5, 0.6) is 11.5 Å². The Balaban J connectivity index is 1.16. The third-order valence-corrected chi connectivity index (χ3v) is 8.67. The quantitative estimate of drug-likeness (QED) is 0.200. The van der Waals surface area contributed by atoms with Gasteiger partial charge in [0.2, 0.25) is 0 Å². The zero-order chi connectivity index (χ0) is 28.8. The van der Waals surface area contributed by atoms with E-state index >= 15 is 0 Å². The van der Waals surface area contributed by atoms with Gasteiger partial charge in [0.25, 0.3) is 0 Å². The van der Waals surface area contributed by atoms with Gasteiger partial charge in [-0.1, -0.05) is 48.5 Å². The van der Waals surface area contributed by atoms with Crippen LogP contribution in [0.25, 0.3) is 76.9 Å². The van der Waals surface area contributed by atoms with Crippen LogP contribution in [0, 0.1) is 0 Å². The van der Waals surface area contributed by atoms with E-state index in [0.717, 1.165) is 83.0 Å². The summed E-state index contributed by atoms with van der Waals surface area (Å²) in [7, 11) is 0. The molecule has 0 saturated carbocycles. The number of imidazole rings is 1. The Morgan fingerprint density at radius 3 is 2.32 bits per heavy atom. The summed E-state index contributed by atoms with van der Waals surface area (Å²) >= 11 is 0. The maximum absolute atomic E-state index is 6.53. The highest BCUT2D eigenvalue weighted by atomic mass is 16.5. The molecule has 0 amide bonds. The van der Waals surface area contributed by atoms with Crippen molar-refractivity contribution in [3.63, 3.8) is 0 Å². The van der Waals surface area contributed by atoms with Crippen LogP contribution in [0.4, 0.5) is 0 Å². The molecular formula is C38H22N4O2. The Labute approximate surface area is 250 Å². The number of ether oxygens (including phenoxy) is 1. The second kappa shape index (κ2) is 8.69. The van der Waals surface area contributed by atoms with Gasteiger partial charge in [-0.2, -0.15) is 0 Å². The van der Waals surface area contributed by atoms with E-state index in [1.165, 1.54) is 5.39 Å². The monoisotopic (exact) mass is 566 g/mol. The summed E-state index contributed by atoms with van der Waals surface area (Å²) in [5, 5.41) is 7.71. The molecule has 0 N–H and O–H groups in total. The van der Waals surface area contributed by atoms with Crippen LogP contribution in [0.2, 0.25) is 0 Å². The van der Waals surface area contributed by atoms with E-state index in [1.807, 2.05) is 61.1 Å². The van der Waals surface area contributed by atoms with Gasteiger partial charge in [0.05, 0.1) is 16.7 Å². The normalized spacial score (nSPS) is 12.1. The lowest BCUT2D eigenvalue weighted by molar-refractivity contribution is 0.483. The molecule has 0 bridgehead atoms. The van der Waals surface area contributed by atoms with Gasteiger partial charge >= 0.3 is 0 Å². The molecule has 0 aliphatic heterocycles. The summed E-state index contributed by atoms with van der Waals surface area (Å²) in [6.07, 6.45) is 5.69. The van der Waals surface area contributed by atoms with E-state index in [2.05, 4.69) is 86.7 Å². The molecule has 0 fully saturated rings. The zero-order valence-corrected chi connectivity index (χ0v) is 23.3. The standard InChI is InChI=1S/C38H22N4O2/c1-3-12-33-27(9-1)26-15-14-25(22-32(26)37-40-19-20-41(33)37)43-24-8-5-7-23(21-24)42-35-29(31-11-6-18-39-38(31)42)16-17-30-28-10-2-4-13-34(28)44-36(30)35/h1-22H. The molecule has 5 aromatic heterocycles. The number of fused-ring (bicyclic) bond motifs is 13. The third-order valence-electron chi connectivity index (χ3n) is 8.67. The van der Waals surface area contributed by atoms with Gasteiger partial charge in [0.15, 0.2) is 5.58 Å². The SMILES string of the molecule is c1cc(Oc2ccc3c4ccccc4n4ccnc4c3c2)cc(-n2c3ncccc3c3ccc4c5ccccc5oc4c32)c1. The third kappa shape index (κ3) is 3.19. The van der Waals surface area contributed by atoms with Crippen molar-refractivity contribution < 1.29 is 9.15 Å². The van der Waals surface area contributed by atoms with Crippen LogP contribution in [-0.2, 0) is 0 Å². The van der Waals surface area contributed by atoms with Crippen molar-refractivity contribution in [3.8, 4) is 17.2 Å². The fourth-order valence-corrected chi connectivity index (χ4v) is 6.79. The van der Waals surface area contributed by atoms with Crippen LogP contribution < -0.4 is 4.74 Å². The van der Waals surface area contributed by atoms with E-state index in [9.17, 15) is 0 Å². The van der Waals surface area contributed by atoms with Gasteiger partial charge in [-0.05, 0) is 66.0 Å². The van der Waals surface area contributed by atoms with Crippen LogP contribution in [-0.4, -0.2) is 18.9 Å². The van der Waals surface area contributed by atoms with Crippen LogP contribution in [0.1, 0.15) is 0 Å². The number of para-hydroxylation sites is 2. The first kappa shape index (κ1) is 23.4. The van der Waals surface area contributed by atoms with E-state index in [4.69, 9.17) is 14.1 Å². The molecule has 10 aromatic rings. The number of pyridine rings is 2. The molecule has 0 radical (unpaired) electrons. The average Bonchev–Trinajstić information content (AvgIpc) is 3.79. The number of furan rings is 1. The summed E-state index contributed by atoms with van der Waals surface area (Å²) in [6.45, 7) is 0. The molecule has 6 heteroatoms.